The molecule has 9 amide bonds. The van der Waals surface area contributed by atoms with Gasteiger partial charge in [-0.15, -0.1) is 0 Å². The van der Waals surface area contributed by atoms with E-state index in [0.717, 1.165) is 16.0 Å². The van der Waals surface area contributed by atoms with Gasteiger partial charge in [-0.3, -0.25) is 62.5 Å². The van der Waals surface area contributed by atoms with E-state index in [1.165, 1.54) is 19.3 Å². The number of nitrogens with zero attached hydrogens (tertiary/aromatic N) is 4. The predicted molar refractivity (Wildman–Crippen MR) is 403 cm³/mol. The summed E-state index contributed by atoms with van der Waals surface area (Å²) in [5.74, 6) is -7.92. The monoisotopic (exact) mass is 1490 g/mol. The molecule has 4 aliphatic rings. The fraction of sp³-hybridized carbons (Fsp3) is 0.679. The number of rotatable bonds is 46. The summed E-state index contributed by atoms with van der Waals surface area (Å²) in [6, 6.07) is 12.8. The molecule has 2 aromatic rings. The van der Waals surface area contributed by atoms with Crippen LogP contribution in [0.25, 0.3) is 0 Å². The van der Waals surface area contributed by atoms with Crippen LogP contribution in [0.3, 0.4) is 0 Å². The molecule has 15 atom stereocenters. The summed E-state index contributed by atoms with van der Waals surface area (Å²) >= 11 is 0. The van der Waals surface area contributed by atoms with E-state index in [1.54, 1.807) is 70.7 Å². The molecule has 0 radical (unpaired) electrons. The van der Waals surface area contributed by atoms with E-state index in [2.05, 4.69) is 21.3 Å². The first kappa shape index (κ1) is 88.3. The number of ketones is 4. The standard InChI is InChI=1S/C81H123N9O17/c1-17-51(8)72(88(14)78(101)58(49(4)5)46-63(93)71(50(6)7)87(12)13)65(103-15)47-69(98)89-41-25-29-60(89)73(104-16)52(9)61(91)44-56(42-54-26-20-18-21-27-54)76(99)83-39-37-53-31-33-55(34-32-53)43-62(92)59(28-24-38-84-80(82)102)85-77(100)57(48(2)3)45-64(94)74-70(75-79(105-74)107-81(10,11)106-75)86-66(95)30-22-19-23-40-90-67(96)35-36-68(90)97/h18,20-21,26-27,31-36,48-52,56-60,65,70-75,79H,17,19,22-25,28-30,37-47H2,1-16H3,(H,83,99)(H,85,100)(H,86,95)(H3,82,84,102)/t51?,52?,56-,57-,58+,59?,60?,65?,70-,71?,72?,73?,74?,75-,79-/m1/s1. The van der Waals surface area contributed by atoms with Crippen LogP contribution in [0.2, 0.25) is 0 Å². The van der Waals surface area contributed by atoms with E-state index < -0.39 is 108 Å². The Morgan fingerprint density at radius 3 is 1.95 bits per heavy atom. The zero-order valence-electron chi connectivity index (χ0n) is 66.2. The van der Waals surface area contributed by atoms with Crippen molar-refractivity contribution in [1.29, 1.82) is 0 Å². The van der Waals surface area contributed by atoms with Crippen LogP contribution in [-0.2, 0) is 95.7 Å². The molecule has 0 saturated carbocycles. The normalized spacial score (nSPS) is 21.1. The molecule has 26 heteroatoms. The number of methoxy groups -OCH3 is 2. The number of amides is 9. The molecule has 26 nitrogen and oxygen atoms in total. The van der Waals surface area contributed by atoms with Crippen molar-refractivity contribution in [2.45, 2.75) is 246 Å². The van der Waals surface area contributed by atoms with Crippen molar-refractivity contribution < 1.29 is 81.2 Å². The number of imide groups is 1. The van der Waals surface area contributed by atoms with Gasteiger partial charge >= 0.3 is 6.03 Å². The lowest BCUT2D eigenvalue weighted by Gasteiger charge is -2.41. The molecule has 9 unspecified atom stereocenters. The highest BCUT2D eigenvalue weighted by atomic mass is 16.8. The maximum absolute atomic E-state index is 14.7. The zero-order chi connectivity index (χ0) is 79.1. The molecule has 0 bridgehead atoms. The van der Waals surface area contributed by atoms with Crippen LogP contribution >= 0.6 is 0 Å². The molecule has 4 aliphatic heterocycles. The van der Waals surface area contributed by atoms with Gasteiger partial charge in [-0.05, 0) is 120 Å². The third-order valence-electron chi connectivity index (χ3n) is 21.8. The van der Waals surface area contributed by atoms with Gasteiger partial charge in [-0.25, -0.2) is 4.79 Å². The van der Waals surface area contributed by atoms with Crippen LogP contribution in [0.4, 0.5) is 4.79 Å². The van der Waals surface area contributed by atoms with E-state index in [0.29, 0.717) is 57.1 Å². The lowest BCUT2D eigenvalue weighted by molar-refractivity contribution is -0.208. The van der Waals surface area contributed by atoms with E-state index >= 15 is 0 Å². The molecule has 0 spiro atoms. The summed E-state index contributed by atoms with van der Waals surface area (Å²) < 4.78 is 30.5. The van der Waals surface area contributed by atoms with Crippen molar-refractivity contribution in [3.05, 3.63) is 83.4 Å². The molecule has 107 heavy (non-hydrogen) atoms. The molecule has 4 heterocycles. The SMILES string of the molecule is CCC(C)C(C(CC(=O)N1CCCC1C(OC)C(C)C(=O)C[C@@H](Cc1ccccc1)C(=O)NCCc1ccc(CC(=O)C(CCCNC(N)=O)NC(=O)[C@H](CC(=O)C2O[C@@H]3OC(C)(C)O[C@@H]3[C@@H]2NC(=O)CCCCCN2C(=O)C=CC2=O)C(C)C)cc1)OC)N(C)C(=O)[C@@H](CC(=O)C(C(C)C)N(C)C)C(C)C. The number of Topliss-reactive ketones (excluding diaryl/α,β-unsaturated/α-hetero) is 4. The van der Waals surface area contributed by atoms with Crippen LogP contribution in [-0.4, -0.2) is 218 Å². The molecular formula is C81H123N9O17. The Labute approximate surface area is 633 Å². The van der Waals surface area contributed by atoms with Crippen LogP contribution < -0.4 is 27.0 Å². The van der Waals surface area contributed by atoms with Crippen LogP contribution in [0.5, 0.6) is 0 Å². The minimum atomic E-state index is -1.24. The first-order chi connectivity index (χ1) is 50.6. The topological polar surface area (TPSA) is 338 Å². The first-order valence-electron chi connectivity index (χ1n) is 38.6. The lowest BCUT2D eigenvalue weighted by atomic mass is 9.83. The van der Waals surface area contributed by atoms with Gasteiger partial charge in [0.25, 0.3) is 11.8 Å². The number of fused-ring (bicyclic) bond motifs is 1. The minimum Gasteiger partial charge on any atom is -0.379 e. The van der Waals surface area contributed by atoms with E-state index in [1.807, 2.05) is 103 Å². The van der Waals surface area contributed by atoms with E-state index in [9.17, 15) is 57.5 Å². The lowest BCUT2D eigenvalue weighted by Crippen LogP contribution is -2.54. The van der Waals surface area contributed by atoms with Gasteiger partial charge in [0.1, 0.15) is 18.0 Å². The Morgan fingerprint density at radius 2 is 1.36 bits per heavy atom. The summed E-state index contributed by atoms with van der Waals surface area (Å²) in [5, 5.41) is 11.4. The van der Waals surface area contributed by atoms with Gasteiger partial charge in [0.2, 0.25) is 29.5 Å². The number of primary amides is 1. The van der Waals surface area contributed by atoms with E-state index in [4.69, 9.17) is 29.4 Å². The van der Waals surface area contributed by atoms with Gasteiger partial charge in [0.05, 0.1) is 48.8 Å². The molecule has 0 aliphatic carbocycles. The van der Waals surface area contributed by atoms with Gasteiger partial charge < -0.3 is 60.5 Å². The van der Waals surface area contributed by atoms with E-state index in [-0.39, 0.29) is 154 Å². The molecule has 6 rings (SSSR count). The maximum atomic E-state index is 14.7. The van der Waals surface area contributed by atoms with Crippen molar-refractivity contribution >= 4 is 70.5 Å². The number of carbonyl (C=O) groups excluding carboxylic acids is 12. The van der Waals surface area contributed by atoms with Crippen LogP contribution in [0.1, 0.15) is 176 Å². The summed E-state index contributed by atoms with van der Waals surface area (Å²) in [6.45, 7) is 21.8. The smallest absolute Gasteiger partial charge is 0.312 e. The van der Waals surface area contributed by atoms with Gasteiger partial charge in [-0.2, -0.15) is 0 Å². The third kappa shape index (κ3) is 25.2. The third-order valence-corrected chi connectivity index (χ3v) is 21.8. The highest BCUT2D eigenvalue weighted by Gasteiger charge is 2.57. The first-order valence-corrected chi connectivity index (χ1v) is 38.6. The van der Waals surface area contributed by atoms with Gasteiger partial charge in [-0.1, -0.05) is 130 Å². The highest BCUT2D eigenvalue weighted by molar-refractivity contribution is 6.12. The number of likely N-dealkylation sites (N-methyl/N-ethyl adjacent to an activating group) is 2. The Kier molecular flexibility index (Phi) is 34.5. The second kappa shape index (κ2) is 41.8. The average molecular weight is 1490 g/mol. The second-order valence-corrected chi connectivity index (χ2v) is 31.4. The van der Waals surface area contributed by atoms with Crippen molar-refractivity contribution in [1.82, 2.24) is 40.9 Å². The highest BCUT2D eigenvalue weighted by Crippen LogP contribution is 2.39. The number of benzene rings is 2. The fourth-order valence-corrected chi connectivity index (χ4v) is 15.7. The van der Waals surface area contributed by atoms with Crippen molar-refractivity contribution in [3.8, 4) is 0 Å². The van der Waals surface area contributed by atoms with Crippen LogP contribution in [0.15, 0.2) is 66.7 Å². The number of urea groups is 1. The maximum Gasteiger partial charge on any atom is 0.312 e. The Hall–Kier alpha value is -7.62. The predicted octanol–water partition coefficient (Wildman–Crippen LogP) is 7.02. The van der Waals surface area contributed by atoms with Crippen molar-refractivity contribution in [3.63, 3.8) is 0 Å². The minimum absolute atomic E-state index is 0.0109. The molecule has 3 saturated heterocycles. The molecule has 3 fully saturated rings. The van der Waals surface area contributed by atoms with Gasteiger partial charge in [0.15, 0.2) is 29.4 Å². The number of ether oxygens (including phenoxy) is 5. The summed E-state index contributed by atoms with van der Waals surface area (Å²) in [7, 11) is 8.60. The fourth-order valence-electron chi connectivity index (χ4n) is 15.7. The Morgan fingerprint density at radius 1 is 0.701 bits per heavy atom. The number of hydrogen-bond donors (Lipinski definition) is 5. The van der Waals surface area contributed by atoms with Gasteiger partial charge in [0, 0.05) is 115 Å². The zero-order valence-corrected chi connectivity index (χ0v) is 66.2. The number of nitrogens with one attached hydrogen (secondary N) is 4. The Bertz CT molecular complexity index is 3350. The second-order valence-electron chi connectivity index (χ2n) is 31.4. The molecule has 6 N–H and O–H groups in total. The van der Waals surface area contributed by atoms with Crippen molar-refractivity contribution in [2.24, 2.45) is 53.1 Å². The summed E-state index contributed by atoms with van der Waals surface area (Å²) in [4.78, 5) is 171. The number of unbranched alkanes of at least 4 members (excludes halogenated alkanes) is 2. The molecule has 2 aromatic carbocycles. The van der Waals surface area contributed by atoms with Crippen molar-refractivity contribution in [2.75, 3.05) is 61.5 Å². The number of likely N-dealkylation sites (tertiary alicyclic amines) is 1. The quantitative estimate of drug-likeness (QED) is 0.0328. The molecular weight excluding hydrogens is 1370 g/mol. The Balaban J connectivity index is 1.06. The number of nitrogens with two attached hydrogens (primary N) is 1. The summed E-state index contributed by atoms with van der Waals surface area (Å²) in [5.41, 5.74) is 7.72. The molecule has 594 valence electrons. The number of carbonyl (C=O) groups is 12. The summed E-state index contributed by atoms with van der Waals surface area (Å²) in [6.07, 6.45) is 2.22. The molecule has 0 aromatic heterocycles. The average Bonchev–Trinajstić information content (AvgIpc) is 1.61. The van der Waals surface area contributed by atoms with Crippen LogP contribution in [0, 0.1) is 47.3 Å². The number of hydrogen-bond acceptors (Lipinski definition) is 18. The largest absolute Gasteiger partial charge is 0.379 e.